The van der Waals surface area contributed by atoms with Gasteiger partial charge in [0.25, 0.3) is 0 Å². The van der Waals surface area contributed by atoms with E-state index in [9.17, 15) is 14.2 Å². The number of ether oxygens (including phenoxy) is 3. The molecule has 2 aliphatic rings. The third-order valence-corrected chi connectivity index (χ3v) is 15.5. The van der Waals surface area contributed by atoms with Crippen LogP contribution in [0.4, 0.5) is 0 Å². The average molecular weight is 563 g/mol. The highest BCUT2D eigenvalue weighted by Crippen LogP contribution is 2.48. The van der Waals surface area contributed by atoms with Crippen molar-refractivity contribution in [3.05, 3.63) is 11.6 Å². The van der Waals surface area contributed by atoms with Crippen molar-refractivity contribution in [2.24, 2.45) is 5.92 Å². The van der Waals surface area contributed by atoms with Crippen LogP contribution in [0.25, 0.3) is 0 Å². The van der Waals surface area contributed by atoms with E-state index in [2.05, 4.69) is 41.5 Å². The molecule has 0 radical (unpaired) electrons. The van der Waals surface area contributed by atoms with Gasteiger partial charge >= 0.3 is 13.6 Å². The van der Waals surface area contributed by atoms with Gasteiger partial charge in [0, 0.05) is 6.42 Å². The number of esters is 1. The molecule has 0 aromatic heterocycles. The Hall–Kier alpha value is -0.873. The molecule has 1 spiro atoms. The third kappa shape index (κ3) is 7.41. The highest BCUT2D eigenvalue weighted by molar-refractivity contribution is 7.54. The maximum atomic E-state index is 13.7. The smallest absolute Gasteiger partial charge is 0.341 e. The Morgan fingerprint density at radius 2 is 1.54 bits per heavy atom. The Bertz CT molecular complexity index is 832. The molecule has 1 aliphatic heterocycles. The zero-order valence-corrected chi connectivity index (χ0v) is 25.9. The number of hydrogen-bond acceptors (Lipinski definition) is 9. The van der Waals surface area contributed by atoms with Gasteiger partial charge in [-0.05, 0) is 49.0 Å². The molecule has 0 bridgehead atoms. The van der Waals surface area contributed by atoms with Gasteiger partial charge in [0.2, 0.25) is 8.32 Å². The summed E-state index contributed by atoms with van der Waals surface area (Å²) in [6, 6.07) is 0. The van der Waals surface area contributed by atoms with Crippen molar-refractivity contribution in [3.63, 3.8) is 0 Å². The van der Waals surface area contributed by atoms with Gasteiger partial charge in [0.1, 0.15) is 12.3 Å². The van der Waals surface area contributed by atoms with E-state index in [1.165, 1.54) is 0 Å². The van der Waals surface area contributed by atoms with Crippen molar-refractivity contribution in [1.82, 2.24) is 0 Å². The molecular formula is C26H47O9PSi. The van der Waals surface area contributed by atoms with Gasteiger partial charge in [-0.1, -0.05) is 41.5 Å². The highest BCUT2D eigenvalue weighted by Gasteiger charge is 2.50. The molecular weight excluding hydrogens is 515 g/mol. The summed E-state index contributed by atoms with van der Waals surface area (Å²) in [5, 5.41) is 0. The van der Waals surface area contributed by atoms with E-state index in [4.69, 9.17) is 27.7 Å². The number of rotatable bonds is 14. The van der Waals surface area contributed by atoms with Crippen molar-refractivity contribution < 1.29 is 41.8 Å². The molecule has 0 N–H and O–H groups in total. The highest BCUT2D eigenvalue weighted by atomic mass is 31.2. The predicted octanol–water partition coefficient (Wildman–Crippen LogP) is 5.63. The number of carbonyl (C=O) groups excluding carboxylic acids is 2. The Morgan fingerprint density at radius 1 is 1.03 bits per heavy atom. The molecule has 1 heterocycles. The maximum Gasteiger partial charge on any atom is 0.341 e. The summed E-state index contributed by atoms with van der Waals surface area (Å²) in [6.45, 7) is 19.2. The van der Waals surface area contributed by atoms with Gasteiger partial charge in [0.15, 0.2) is 11.6 Å². The number of ketones is 1. The van der Waals surface area contributed by atoms with Crippen LogP contribution >= 0.6 is 7.60 Å². The van der Waals surface area contributed by atoms with Crippen LogP contribution in [0, 0.1) is 5.92 Å². The van der Waals surface area contributed by atoms with Gasteiger partial charge in [-0.25, -0.2) is 0 Å². The Kier molecular flexibility index (Phi) is 11.8. The zero-order chi connectivity index (χ0) is 28.0. The van der Waals surface area contributed by atoms with E-state index in [0.29, 0.717) is 29.8 Å². The number of carbonyl (C=O) groups is 2. The molecule has 1 saturated heterocycles. The SMILES string of the molecule is CCOP(=O)(CC(=O)O[C@@H]1C=C(C)C2(C[C@@H]1C(=O)CO[Si](C(C)C)(C(C)C)C(C)C)OCCO2)OCC. The molecule has 37 heavy (non-hydrogen) atoms. The second kappa shape index (κ2) is 13.5. The fourth-order valence-corrected chi connectivity index (χ4v) is 12.8. The molecule has 0 aromatic rings. The van der Waals surface area contributed by atoms with Crippen LogP contribution in [0.15, 0.2) is 11.6 Å². The second-order valence-electron chi connectivity index (χ2n) is 10.7. The molecule has 1 fully saturated rings. The first-order chi connectivity index (χ1) is 17.3. The average Bonchev–Trinajstić information content (AvgIpc) is 3.25. The van der Waals surface area contributed by atoms with Crippen molar-refractivity contribution in [1.29, 1.82) is 0 Å². The molecule has 214 valence electrons. The Morgan fingerprint density at radius 3 is 2.00 bits per heavy atom. The first kappa shape index (κ1) is 32.3. The summed E-state index contributed by atoms with van der Waals surface area (Å²) < 4.78 is 47.5. The minimum Gasteiger partial charge on any atom is -0.457 e. The van der Waals surface area contributed by atoms with Crippen LogP contribution in [0.3, 0.4) is 0 Å². The molecule has 0 aromatic carbocycles. The lowest BCUT2D eigenvalue weighted by Crippen LogP contribution is -2.51. The standard InChI is InChI=1S/C26H47O9PSi/c1-10-32-36(29,33-11-2)17-25(28)35-24-14-21(9)26(30-12-13-31-26)15-22(24)23(27)16-34-37(18(3)4,19(5)6)20(7)8/h14,18-20,22,24H,10-13,15-17H2,1-9H3/t22-,24-/m1/s1. The van der Waals surface area contributed by atoms with Crippen molar-refractivity contribution in [2.45, 2.75) is 97.2 Å². The third-order valence-electron chi connectivity index (χ3n) is 7.48. The molecule has 11 heteroatoms. The van der Waals surface area contributed by atoms with Crippen LogP contribution in [0.1, 0.15) is 68.7 Å². The molecule has 2 rings (SSSR count). The van der Waals surface area contributed by atoms with Gasteiger partial charge in [-0.3, -0.25) is 14.2 Å². The van der Waals surface area contributed by atoms with Crippen molar-refractivity contribution >= 4 is 27.7 Å². The van der Waals surface area contributed by atoms with E-state index in [0.717, 1.165) is 5.57 Å². The monoisotopic (exact) mass is 562 g/mol. The van der Waals surface area contributed by atoms with Gasteiger partial charge in [-0.2, -0.15) is 0 Å². The lowest BCUT2D eigenvalue weighted by Gasteiger charge is -2.43. The van der Waals surface area contributed by atoms with Gasteiger partial charge in [-0.15, -0.1) is 0 Å². The summed E-state index contributed by atoms with van der Waals surface area (Å²) in [4.78, 5) is 26.6. The first-order valence-corrected chi connectivity index (χ1v) is 17.3. The summed E-state index contributed by atoms with van der Waals surface area (Å²) in [5.41, 5.74) is 1.70. The maximum absolute atomic E-state index is 13.7. The molecule has 0 saturated carbocycles. The van der Waals surface area contributed by atoms with E-state index in [-0.39, 0.29) is 32.0 Å². The van der Waals surface area contributed by atoms with Gasteiger partial charge < -0.3 is 27.7 Å². The predicted molar refractivity (Wildman–Crippen MR) is 144 cm³/mol. The van der Waals surface area contributed by atoms with Gasteiger partial charge in [0.05, 0.1) is 39.0 Å². The minimum atomic E-state index is -3.65. The first-order valence-electron chi connectivity index (χ1n) is 13.5. The van der Waals surface area contributed by atoms with E-state index in [1.54, 1.807) is 19.9 Å². The van der Waals surface area contributed by atoms with E-state index < -0.39 is 45.9 Å². The molecule has 0 amide bonds. The minimum absolute atomic E-state index is 0.0706. The summed E-state index contributed by atoms with van der Waals surface area (Å²) in [6.07, 6.45) is 0.521. The van der Waals surface area contributed by atoms with Crippen LogP contribution < -0.4 is 0 Å². The lowest BCUT2D eigenvalue weighted by atomic mass is 9.81. The van der Waals surface area contributed by atoms with Crippen molar-refractivity contribution in [3.8, 4) is 0 Å². The fourth-order valence-electron chi connectivity index (χ4n) is 5.94. The van der Waals surface area contributed by atoms with Crippen LogP contribution in [-0.4, -0.2) is 71.2 Å². The van der Waals surface area contributed by atoms with E-state index >= 15 is 0 Å². The fraction of sp³-hybridized carbons (Fsp3) is 0.846. The summed E-state index contributed by atoms with van der Waals surface area (Å²) >= 11 is 0. The van der Waals surface area contributed by atoms with Crippen LogP contribution in [0.2, 0.25) is 16.6 Å². The van der Waals surface area contributed by atoms with Crippen molar-refractivity contribution in [2.75, 3.05) is 39.2 Å². The topological polar surface area (TPSA) is 107 Å². The zero-order valence-electron chi connectivity index (χ0n) is 24.0. The number of Topliss-reactive ketones (excluding diaryl/α,β-unsaturated/α-hetero) is 1. The van der Waals surface area contributed by atoms with Crippen LogP contribution in [-0.2, 0) is 41.8 Å². The summed E-state index contributed by atoms with van der Waals surface area (Å²) in [7, 11) is -5.93. The molecule has 1 aliphatic carbocycles. The lowest BCUT2D eigenvalue weighted by molar-refractivity contribution is -0.170. The molecule has 2 atom stereocenters. The van der Waals surface area contributed by atoms with E-state index in [1.807, 2.05) is 6.92 Å². The quantitative estimate of drug-likeness (QED) is 0.115. The largest absolute Gasteiger partial charge is 0.457 e. The Balaban J connectivity index is 2.29. The Labute approximate surface area is 223 Å². The number of hydrogen-bond donors (Lipinski definition) is 0. The second-order valence-corrected chi connectivity index (χ2v) is 18.3. The molecule has 9 nitrogen and oxygen atoms in total. The molecule has 0 unspecified atom stereocenters. The summed E-state index contributed by atoms with van der Waals surface area (Å²) in [5.74, 6) is -2.67. The van der Waals surface area contributed by atoms with Crippen LogP contribution in [0.5, 0.6) is 0 Å². The normalized spacial score (nSPS) is 22.2.